The van der Waals surface area contributed by atoms with Gasteiger partial charge >= 0.3 is 0 Å². The van der Waals surface area contributed by atoms with Crippen LogP contribution >= 0.6 is 11.6 Å². The van der Waals surface area contributed by atoms with Gasteiger partial charge in [0.15, 0.2) is 11.5 Å². The summed E-state index contributed by atoms with van der Waals surface area (Å²) in [7, 11) is -3.91. The number of ether oxygens (including phenoxy) is 2. The van der Waals surface area contributed by atoms with Gasteiger partial charge in [-0.15, -0.1) is 0 Å². The molecule has 4 rings (SSSR count). The van der Waals surface area contributed by atoms with Gasteiger partial charge < -0.3 is 14.8 Å². The third-order valence-electron chi connectivity index (χ3n) is 4.56. The zero-order valence-corrected chi connectivity index (χ0v) is 18.1. The van der Waals surface area contributed by atoms with Crippen LogP contribution in [0, 0.1) is 6.92 Å². The Bertz CT molecular complexity index is 1260. The number of carbonyl (C=O) groups is 1. The molecule has 0 aliphatic carbocycles. The second-order valence-electron chi connectivity index (χ2n) is 6.93. The lowest BCUT2D eigenvalue weighted by atomic mass is 10.2. The zero-order chi connectivity index (χ0) is 22.0. The van der Waals surface area contributed by atoms with Crippen molar-refractivity contribution < 1.29 is 22.7 Å². The molecule has 0 saturated carbocycles. The van der Waals surface area contributed by atoms with E-state index in [2.05, 4.69) is 10.0 Å². The standard InChI is InChI=1S/C22H19ClN2O5S/c1-14-3-2-4-16(11-14)25-31(27,28)17-6-7-19(23)18(13-17)22(26)24-15-5-8-20-21(12-15)30-10-9-29-20/h2-8,11-13,25H,9-10H2,1H3,(H,24,26). The van der Waals surface area contributed by atoms with Gasteiger partial charge in [-0.25, -0.2) is 8.42 Å². The Balaban J connectivity index is 1.58. The molecule has 0 spiro atoms. The lowest BCUT2D eigenvalue weighted by Crippen LogP contribution is -2.17. The number of carbonyl (C=O) groups excluding carboxylic acids is 1. The van der Waals surface area contributed by atoms with Gasteiger partial charge in [-0.3, -0.25) is 9.52 Å². The third-order valence-corrected chi connectivity index (χ3v) is 6.27. The van der Waals surface area contributed by atoms with Gasteiger partial charge in [0.05, 0.1) is 15.5 Å². The lowest BCUT2D eigenvalue weighted by Gasteiger charge is -2.19. The van der Waals surface area contributed by atoms with Crippen molar-refractivity contribution in [2.45, 2.75) is 11.8 Å². The smallest absolute Gasteiger partial charge is 0.261 e. The van der Waals surface area contributed by atoms with E-state index < -0.39 is 15.9 Å². The van der Waals surface area contributed by atoms with Crippen LogP contribution in [0.3, 0.4) is 0 Å². The molecule has 0 unspecified atom stereocenters. The van der Waals surface area contributed by atoms with Crippen LogP contribution < -0.4 is 19.5 Å². The minimum absolute atomic E-state index is 0.0312. The van der Waals surface area contributed by atoms with Crippen molar-refractivity contribution in [1.29, 1.82) is 0 Å². The molecule has 0 aromatic heterocycles. The fraction of sp³-hybridized carbons (Fsp3) is 0.136. The molecule has 9 heteroatoms. The van der Waals surface area contributed by atoms with E-state index >= 15 is 0 Å². The molecule has 1 aliphatic rings. The van der Waals surface area contributed by atoms with Crippen molar-refractivity contribution in [3.63, 3.8) is 0 Å². The van der Waals surface area contributed by atoms with E-state index in [0.717, 1.165) is 5.56 Å². The number of fused-ring (bicyclic) bond motifs is 1. The Labute approximate surface area is 185 Å². The number of amides is 1. The molecule has 0 atom stereocenters. The van der Waals surface area contributed by atoms with Crippen LogP contribution in [0.2, 0.25) is 5.02 Å². The molecule has 0 bridgehead atoms. The lowest BCUT2D eigenvalue weighted by molar-refractivity contribution is 0.102. The second-order valence-corrected chi connectivity index (χ2v) is 9.02. The molecule has 31 heavy (non-hydrogen) atoms. The van der Waals surface area contributed by atoms with Crippen molar-refractivity contribution in [3.05, 3.63) is 76.8 Å². The summed E-state index contributed by atoms with van der Waals surface area (Å²) in [4.78, 5) is 12.7. The highest BCUT2D eigenvalue weighted by Gasteiger charge is 2.20. The normalized spacial score (nSPS) is 12.8. The minimum Gasteiger partial charge on any atom is -0.486 e. The monoisotopic (exact) mass is 458 g/mol. The van der Waals surface area contributed by atoms with Crippen LogP contribution in [-0.2, 0) is 10.0 Å². The van der Waals surface area contributed by atoms with E-state index in [-0.39, 0.29) is 15.5 Å². The number of hydrogen-bond acceptors (Lipinski definition) is 5. The van der Waals surface area contributed by atoms with Crippen LogP contribution in [-0.4, -0.2) is 27.5 Å². The highest BCUT2D eigenvalue weighted by atomic mass is 35.5. The average molecular weight is 459 g/mol. The number of nitrogens with one attached hydrogen (secondary N) is 2. The largest absolute Gasteiger partial charge is 0.486 e. The van der Waals surface area contributed by atoms with Crippen molar-refractivity contribution in [2.75, 3.05) is 23.3 Å². The highest BCUT2D eigenvalue weighted by Crippen LogP contribution is 2.33. The predicted molar refractivity (Wildman–Crippen MR) is 119 cm³/mol. The molecule has 0 radical (unpaired) electrons. The second kappa shape index (κ2) is 8.49. The predicted octanol–water partition coefficient (Wildman–Crippen LogP) is 4.47. The van der Waals surface area contributed by atoms with Gasteiger partial charge in [-0.1, -0.05) is 23.7 Å². The Kier molecular flexibility index (Phi) is 5.75. The van der Waals surface area contributed by atoms with E-state index in [4.69, 9.17) is 21.1 Å². The Morgan fingerprint density at radius 2 is 1.71 bits per heavy atom. The number of anilines is 2. The van der Waals surface area contributed by atoms with Crippen molar-refractivity contribution >= 4 is 38.9 Å². The number of rotatable bonds is 5. The Hall–Kier alpha value is -3.23. The van der Waals surface area contributed by atoms with Crippen molar-refractivity contribution in [3.8, 4) is 11.5 Å². The van der Waals surface area contributed by atoms with Gasteiger partial charge in [0.1, 0.15) is 13.2 Å². The first-order chi connectivity index (χ1) is 14.8. The summed E-state index contributed by atoms with van der Waals surface area (Å²) in [6.45, 7) is 2.75. The SMILES string of the molecule is Cc1cccc(NS(=O)(=O)c2ccc(Cl)c(C(=O)Nc3ccc4c(c3)OCCO4)c2)c1. The third kappa shape index (κ3) is 4.76. The van der Waals surface area contributed by atoms with Gasteiger partial charge in [0.25, 0.3) is 15.9 Å². The molecule has 160 valence electrons. The quantitative estimate of drug-likeness (QED) is 0.588. The van der Waals surface area contributed by atoms with Crippen LogP contribution in [0.25, 0.3) is 0 Å². The number of aryl methyl sites for hydroxylation is 1. The molecule has 3 aromatic carbocycles. The van der Waals surface area contributed by atoms with Crippen LogP contribution in [0.5, 0.6) is 11.5 Å². The molecule has 1 aliphatic heterocycles. The maximum absolute atomic E-state index is 12.8. The summed E-state index contributed by atoms with van der Waals surface area (Å²) < 4.78 is 39.1. The van der Waals surface area contributed by atoms with Crippen LogP contribution in [0.15, 0.2) is 65.6 Å². The first kappa shape index (κ1) is 21.0. The molecule has 1 heterocycles. The van der Waals surface area contributed by atoms with Crippen molar-refractivity contribution in [2.24, 2.45) is 0 Å². The zero-order valence-electron chi connectivity index (χ0n) is 16.5. The topological polar surface area (TPSA) is 93.7 Å². The molecule has 0 fully saturated rings. The molecule has 1 amide bonds. The van der Waals surface area contributed by atoms with E-state index in [9.17, 15) is 13.2 Å². The van der Waals surface area contributed by atoms with Gasteiger partial charge in [0.2, 0.25) is 0 Å². The summed E-state index contributed by atoms with van der Waals surface area (Å²) in [5.74, 6) is 0.570. The number of halogens is 1. The molecule has 0 saturated heterocycles. The maximum atomic E-state index is 12.8. The molecule has 7 nitrogen and oxygen atoms in total. The van der Waals surface area contributed by atoms with Gasteiger partial charge in [0, 0.05) is 17.4 Å². The molecule has 3 aromatic rings. The fourth-order valence-corrected chi connectivity index (χ4v) is 4.37. The highest BCUT2D eigenvalue weighted by molar-refractivity contribution is 7.92. The van der Waals surface area contributed by atoms with Gasteiger partial charge in [-0.2, -0.15) is 0 Å². The first-order valence-corrected chi connectivity index (χ1v) is 11.3. The summed E-state index contributed by atoms with van der Waals surface area (Å²) in [5, 5.41) is 2.84. The summed E-state index contributed by atoms with van der Waals surface area (Å²) >= 11 is 6.18. The molecular weight excluding hydrogens is 440 g/mol. The first-order valence-electron chi connectivity index (χ1n) is 9.42. The molecule has 2 N–H and O–H groups in total. The summed E-state index contributed by atoms with van der Waals surface area (Å²) in [5.41, 5.74) is 1.84. The summed E-state index contributed by atoms with van der Waals surface area (Å²) in [6.07, 6.45) is 0. The van der Waals surface area contributed by atoms with E-state index in [1.807, 2.05) is 13.0 Å². The maximum Gasteiger partial charge on any atom is 0.261 e. The summed E-state index contributed by atoms with van der Waals surface area (Å²) in [6, 6.07) is 15.9. The van der Waals surface area contributed by atoms with E-state index in [1.54, 1.807) is 36.4 Å². The average Bonchev–Trinajstić information content (AvgIpc) is 2.73. The number of benzene rings is 3. The fourth-order valence-electron chi connectivity index (χ4n) is 3.09. The van der Waals surface area contributed by atoms with E-state index in [1.165, 1.54) is 18.2 Å². The Morgan fingerprint density at radius 3 is 2.48 bits per heavy atom. The number of sulfonamides is 1. The number of hydrogen-bond donors (Lipinski definition) is 2. The van der Waals surface area contributed by atoms with E-state index in [0.29, 0.717) is 36.1 Å². The Morgan fingerprint density at radius 1 is 0.935 bits per heavy atom. The van der Waals surface area contributed by atoms with Crippen LogP contribution in [0.1, 0.15) is 15.9 Å². The van der Waals surface area contributed by atoms with Crippen LogP contribution in [0.4, 0.5) is 11.4 Å². The minimum atomic E-state index is -3.91. The molecular formula is C22H19ClN2O5S. The van der Waals surface area contributed by atoms with Gasteiger partial charge in [-0.05, 0) is 55.0 Å². The van der Waals surface area contributed by atoms with Crippen molar-refractivity contribution in [1.82, 2.24) is 0 Å².